The zero-order valence-corrected chi connectivity index (χ0v) is 9.15. The van der Waals surface area contributed by atoms with Crippen molar-refractivity contribution in [3.8, 4) is 0 Å². The van der Waals surface area contributed by atoms with Gasteiger partial charge in [0.2, 0.25) is 0 Å². The summed E-state index contributed by atoms with van der Waals surface area (Å²) in [6, 6.07) is 2.01. The third kappa shape index (κ3) is 1.83. The number of nitrogens with zero attached hydrogens (tertiary/aromatic N) is 2. The fraction of sp³-hybridized carbons (Fsp3) is 0.545. The van der Waals surface area contributed by atoms with Crippen LogP contribution in [0.4, 0.5) is 11.4 Å². The van der Waals surface area contributed by atoms with E-state index in [0.29, 0.717) is 6.17 Å². The molecule has 1 atom stereocenters. The third-order valence-corrected chi connectivity index (χ3v) is 3.12. The Morgan fingerprint density at radius 2 is 2.19 bits per heavy atom. The van der Waals surface area contributed by atoms with E-state index in [-0.39, 0.29) is 0 Å². The van der Waals surface area contributed by atoms with Crippen molar-refractivity contribution in [1.29, 1.82) is 0 Å². The van der Waals surface area contributed by atoms with Crippen LogP contribution in [-0.4, -0.2) is 48.9 Å². The second-order valence-corrected chi connectivity index (χ2v) is 4.11. The highest BCUT2D eigenvalue weighted by Gasteiger charge is 2.24. The Morgan fingerprint density at radius 1 is 1.31 bits per heavy atom. The van der Waals surface area contributed by atoms with Crippen LogP contribution in [0.15, 0.2) is 18.5 Å². The Bertz CT molecular complexity index is 365. The molecule has 2 aliphatic heterocycles. The van der Waals surface area contributed by atoms with Crippen LogP contribution in [0.2, 0.25) is 0 Å². The lowest BCUT2D eigenvalue weighted by Gasteiger charge is -2.38. The molecule has 86 valence electrons. The maximum absolute atomic E-state index is 5.36. The number of hydrogen-bond donors (Lipinski definition) is 2. The molecule has 0 aliphatic carbocycles. The fourth-order valence-corrected chi connectivity index (χ4v) is 2.21. The molecule has 2 aliphatic rings. The largest absolute Gasteiger partial charge is 0.379 e. The van der Waals surface area contributed by atoms with E-state index in [1.54, 1.807) is 0 Å². The number of nitrogens with one attached hydrogen (secondary N) is 2. The van der Waals surface area contributed by atoms with Crippen molar-refractivity contribution in [3.05, 3.63) is 18.5 Å². The van der Waals surface area contributed by atoms with Gasteiger partial charge in [0.05, 0.1) is 37.0 Å². The number of morpholine rings is 1. The summed E-state index contributed by atoms with van der Waals surface area (Å²) < 4.78 is 5.36. The summed E-state index contributed by atoms with van der Waals surface area (Å²) in [6.45, 7) is 4.58. The van der Waals surface area contributed by atoms with Crippen molar-refractivity contribution in [2.24, 2.45) is 0 Å². The summed E-state index contributed by atoms with van der Waals surface area (Å²) in [4.78, 5) is 6.52. The van der Waals surface area contributed by atoms with Gasteiger partial charge in [0.1, 0.15) is 0 Å². The van der Waals surface area contributed by atoms with Crippen molar-refractivity contribution in [3.63, 3.8) is 0 Å². The lowest BCUT2D eigenvalue weighted by atomic mass is 10.2. The van der Waals surface area contributed by atoms with E-state index in [9.17, 15) is 0 Å². The first kappa shape index (κ1) is 9.86. The number of hydrogen-bond acceptors (Lipinski definition) is 5. The van der Waals surface area contributed by atoms with Crippen LogP contribution in [-0.2, 0) is 4.74 Å². The smallest absolute Gasteiger partial charge is 0.0972 e. The molecule has 0 aromatic carbocycles. The molecule has 3 heterocycles. The molecular formula is C11H16N4O. The Morgan fingerprint density at radius 3 is 3.06 bits per heavy atom. The van der Waals surface area contributed by atoms with Gasteiger partial charge in [0, 0.05) is 25.8 Å². The lowest BCUT2D eigenvalue weighted by Crippen LogP contribution is -2.51. The minimum absolute atomic E-state index is 0.360. The van der Waals surface area contributed by atoms with Crippen LogP contribution >= 0.6 is 0 Å². The van der Waals surface area contributed by atoms with Gasteiger partial charge in [-0.05, 0) is 6.07 Å². The average molecular weight is 220 g/mol. The van der Waals surface area contributed by atoms with Gasteiger partial charge in [0.25, 0.3) is 0 Å². The number of aromatic nitrogens is 1. The number of anilines is 2. The summed E-state index contributed by atoms with van der Waals surface area (Å²) in [7, 11) is 0. The topological polar surface area (TPSA) is 49.4 Å². The molecule has 5 heteroatoms. The zero-order valence-electron chi connectivity index (χ0n) is 9.15. The van der Waals surface area contributed by atoms with Crippen molar-refractivity contribution < 1.29 is 4.74 Å². The molecule has 16 heavy (non-hydrogen) atoms. The second kappa shape index (κ2) is 4.27. The normalized spacial score (nSPS) is 25.4. The van der Waals surface area contributed by atoms with Crippen molar-refractivity contribution in [1.82, 2.24) is 9.88 Å². The maximum Gasteiger partial charge on any atom is 0.0972 e. The highest BCUT2D eigenvalue weighted by atomic mass is 16.5. The van der Waals surface area contributed by atoms with Crippen LogP contribution in [0, 0.1) is 0 Å². The third-order valence-electron chi connectivity index (χ3n) is 3.12. The molecule has 1 saturated heterocycles. The van der Waals surface area contributed by atoms with Crippen LogP contribution in [0.1, 0.15) is 0 Å². The summed E-state index contributed by atoms with van der Waals surface area (Å²) in [6.07, 6.45) is 4.03. The zero-order chi connectivity index (χ0) is 10.8. The predicted molar refractivity (Wildman–Crippen MR) is 62.5 cm³/mol. The molecule has 0 bridgehead atoms. The molecule has 2 N–H and O–H groups in total. The molecular weight excluding hydrogens is 204 g/mol. The first-order valence-corrected chi connectivity index (χ1v) is 5.70. The molecule has 1 aromatic rings. The maximum atomic E-state index is 5.36. The van der Waals surface area contributed by atoms with Gasteiger partial charge < -0.3 is 15.4 Å². The van der Waals surface area contributed by atoms with Gasteiger partial charge in [-0.15, -0.1) is 0 Å². The molecule has 0 radical (unpaired) electrons. The van der Waals surface area contributed by atoms with Crippen molar-refractivity contribution >= 4 is 11.4 Å². The lowest BCUT2D eigenvalue weighted by molar-refractivity contribution is 0.0241. The first-order chi connectivity index (χ1) is 7.93. The van der Waals surface area contributed by atoms with Gasteiger partial charge in [-0.2, -0.15) is 0 Å². The van der Waals surface area contributed by atoms with E-state index < -0.39 is 0 Å². The van der Waals surface area contributed by atoms with E-state index in [2.05, 4.69) is 20.5 Å². The van der Waals surface area contributed by atoms with Gasteiger partial charge in [-0.1, -0.05) is 0 Å². The Hall–Kier alpha value is -1.33. The van der Waals surface area contributed by atoms with Gasteiger partial charge in [-0.3, -0.25) is 9.88 Å². The Labute approximate surface area is 94.8 Å². The van der Waals surface area contributed by atoms with E-state index in [1.807, 2.05) is 18.5 Å². The van der Waals surface area contributed by atoms with Crippen LogP contribution in [0.3, 0.4) is 0 Å². The van der Waals surface area contributed by atoms with E-state index >= 15 is 0 Å². The van der Waals surface area contributed by atoms with E-state index in [1.165, 1.54) is 0 Å². The monoisotopic (exact) mass is 220 g/mol. The van der Waals surface area contributed by atoms with Crippen LogP contribution in [0.25, 0.3) is 0 Å². The molecule has 0 saturated carbocycles. The first-order valence-electron chi connectivity index (χ1n) is 5.70. The van der Waals surface area contributed by atoms with Gasteiger partial charge in [0.15, 0.2) is 0 Å². The van der Waals surface area contributed by atoms with Crippen molar-refractivity contribution in [2.75, 3.05) is 43.5 Å². The number of rotatable bonds is 1. The van der Waals surface area contributed by atoms with Crippen molar-refractivity contribution in [2.45, 2.75) is 6.17 Å². The highest BCUT2D eigenvalue weighted by Crippen LogP contribution is 2.25. The van der Waals surface area contributed by atoms with Crippen LogP contribution < -0.4 is 10.6 Å². The molecule has 3 rings (SSSR count). The molecule has 1 fully saturated rings. The second-order valence-electron chi connectivity index (χ2n) is 4.11. The fourth-order valence-electron chi connectivity index (χ4n) is 2.21. The molecule has 1 aromatic heterocycles. The minimum atomic E-state index is 0.360. The number of ether oxygens (including phenoxy) is 1. The quantitative estimate of drug-likeness (QED) is 0.725. The minimum Gasteiger partial charge on any atom is -0.379 e. The number of fused-ring (bicyclic) bond motifs is 1. The summed E-state index contributed by atoms with van der Waals surface area (Å²) in [5, 5.41) is 6.94. The van der Waals surface area contributed by atoms with E-state index in [4.69, 9.17) is 4.74 Å². The predicted octanol–water partition coefficient (Wildman–Crippen LogP) is 0.577. The van der Waals surface area contributed by atoms with Gasteiger partial charge >= 0.3 is 0 Å². The Kier molecular flexibility index (Phi) is 2.63. The molecule has 0 spiro atoms. The SMILES string of the molecule is c1cc2c(cn1)NCC(N1CCOCC1)N2. The van der Waals surface area contributed by atoms with Crippen LogP contribution in [0.5, 0.6) is 0 Å². The standard InChI is InChI=1S/C11H16N4O/c1-2-12-7-10-9(1)14-11(8-13-10)15-3-5-16-6-4-15/h1-2,7,11,13-14H,3-6,8H2. The highest BCUT2D eigenvalue weighted by molar-refractivity contribution is 5.69. The summed E-state index contributed by atoms with van der Waals surface area (Å²) in [5.41, 5.74) is 2.23. The summed E-state index contributed by atoms with van der Waals surface area (Å²) >= 11 is 0. The molecule has 1 unspecified atom stereocenters. The van der Waals surface area contributed by atoms with E-state index in [0.717, 1.165) is 44.2 Å². The molecule has 5 nitrogen and oxygen atoms in total. The number of pyridine rings is 1. The molecule has 0 amide bonds. The summed E-state index contributed by atoms with van der Waals surface area (Å²) in [5.74, 6) is 0. The Balaban J connectivity index is 1.72. The van der Waals surface area contributed by atoms with Gasteiger partial charge in [-0.25, -0.2) is 0 Å². The average Bonchev–Trinajstić information content (AvgIpc) is 2.39.